The molecule has 2 aliphatic rings. The number of nitrogens with zero attached hydrogens (tertiary/aromatic N) is 2. The Morgan fingerprint density at radius 2 is 1.43 bits per heavy atom. The first kappa shape index (κ1) is 51.3. The molecule has 2 unspecified atom stereocenters. The normalized spacial score (nSPS) is 21.5. The van der Waals surface area contributed by atoms with Crippen LogP contribution in [0.4, 0.5) is 0 Å². The Morgan fingerprint density at radius 1 is 0.877 bits per heavy atom. The zero-order chi connectivity index (χ0) is 48.3. The maximum Gasteiger partial charge on any atom is 0.333 e. The number of amides is 1. The van der Waals surface area contributed by atoms with Gasteiger partial charge in [-0.2, -0.15) is 8.42 Å². The first-order valence-corrected chi connectivity index (χ1v) is 28.8. The van der Waals surface area contributed by atoms with Gasteiger partial charge in [0.25, 0.3) is 15.7 Å². The van der Waals surface area contributed by atoms with E-state index in [2.05, 4.69) is 5.32 Å². The maximum atomic E-state index is 14.7. The fourth-order valence-electron chi connectivity index (χ4n) is 6.83. The van der Waals surface area contributed by atoms with Gasteiger partial charge in [-0.15, -0.1) is 0 Å². The number of carbonyl (C=O) groups excluding carboxylic acids is 3. The molecule has 1 spiro atoms. The molecule has 2 aromatic carbocycles. The Bertz CT molecular complexity index is 2480. The first-order chi connectivity index (χ1) is 30.1. The molecule has 17 nitrogen and oxygen atoms in total. The summed E-state index contributed by atoms with van der Waals surface area (Å²) in [7, 11) is -9.81. The lowest BCUT2D eigenvalue weighted by Gasteiger charge is -2.43. The van der Waals surface area contributed by atoms with Gasteiger partial charge in [-0.1, -0.05) is 102 Å². The highest BCUT2D eigenvalue weighted by Gasteiger charge is 2.67. The number of nitrogens with one attached hydrogen (secondary N) is 1. The van der Waals surface area contributed by atoms with E-state index < -0.39 is 97.5 Å². The van der Waals surface area contributed by atoms with Gasteiger partial charge in [0.05, 0.1) is 17.7 Å². The molecule has 0 saturated carbocycles. The summed E-state index contributed by atoms with van der Waals surface area (Å²) in [5.74, 6) is -2.41. The molecule has 65 heavy (non-hydrogen) atoms. The largest absolute Gasteiger partial charge is 0.461 e. The molecule has 356 valence electrons. The van der Waals surface area contributed by atoms with Gasteiger partial charge in [-0.05, 0) is 60.7 Å². The van der Waals surface area contributed by atoms with Crippen molar-refractivity contribution in [3.63, 3.8) is 0 Å². The molecule has 5 atom stereocenters. The molecule has 1 amide bonds. The molecule has 3 heterocycles. The number of aryl methyl sites for hydroxylation is 1. The maximum absolute atomic E-state index is 14.7. The number of carbonyl (C=O) groups is 3. The molecule has 1 aromatic heterocycles. The second kappa shape index (κ2) is 19.6. The zero-order valence-electron chi connectivity index (χ0n) is 39.2. The van der Waals surface area contributed by atoms with Crippen molar-refractivity contribution in [2.75, 3.05) is 6.61 Å². The monoisotopic (exact) mass is 956 g/mol. The van der Waals surface area contributed by atoms with Crippen molar-refractivity contribution < 1.29 is 50.0 Å². The van der Waals surface area contributed by atoms with Crippen LogP contribution in [0.25, 0.3) is 0 Å². The van der Waals surface area contributed by atoms with Gasteiger partial charge in [0.1, 0.15) is 38.0 Å². The second-order valence-corrected chi connectivity index (χ2v) is 30.6. The smallest absolute Gasteiger partial charge is 0.333 e. The molecule has 3 N–H and O–H groups in total. The van der Waals surface area contributed by atoms with E-state index in [-0.39, 0.29) is 49.0 Å². The van der Waals surface area contributed by atoms with Crippen LogP contribution >= 0.6 is 0 Å². The summed E-state index contributed by atoms with van der Waals surface area (Å²) in [5, 5.41) is 2.66. The van der Waals surface area contributed by atoms with Crippen LogP contribution in [0.15, 0.2) is 87.6 Å². The van der Waals surface area contributed by atoms with Crippen LogP contribution in [-0.2, 0) is 71.5 Å². The highest BCUT2D eigenvalue weighted by Crippen LogP contribution is 2.52. The topological polar surface area (TPSA) is 223 Å². The fourth-order valence-corrected chi connectivity index (χ4v) is 10.3. The summed E-state index contributed by atoms with van der Waals surface area (Å²) < 4.78 is 65.4. The number of hydrogen-bond acceptors (Lipinski definition) is 14. The van der Waals surface area contributed by atoms with E-state index in [0.29, 0.717) is 10.1 Å². The van der Waals surface area contributed by atoms with Gasteiger partial charge in [0.2, 0.25) is 5.91 Å². The Balaban J connectivity index is 1.49. The highest BCUT2D eigenvalue weighted by molar-refractivity contribution is 7.90. The van der Waals surface area contributed by atoms with Crippen LogP contribution in [0.5, 0.6) is 0 Å². The molecule has 20 heteroatoms. The average Bonchev–Trinajstić information content (AvgIpc) is 3.65. The van der Waals surface area contributed by atoms with E-state index in [9.17, 15) is 32.4 Å². The Labute approximate surface area is 383 Å². The lowest BCUT2D eigenvalue weighted by atomic mass is 9.89. The number of benzene rings is 2. The van der Waals surface area contributed by atoms with E-state index in [4.69, 9.17) is 33.0 Å². The molecule has 0 radical (unpaired) electrons. The number of nitrogens with two attached hydrogens (primary N) is 1. The molecule has 2 aliphatic heterocycles. The predicted molar refractivity (Wildman–Crippen MR) is 247 cm³/mol. The Morgan fingerprint density at radius 3 is 1.95 bits per heavy atom. The SMILES string of the molecule is Cc1cn([C@@H]2OC(CO[Si](C)(C)C(C)(C)C)C3(OS(=O)(=O)C=C3N)[C@H]2O[Si](C)(C)C(C)(C)C)c(=O)n(CC(=O)N[C@@H](CCC(=O)OCc2ccccc2)C(=O)OCc2ccccc2)c1=O. The molecule has 1 saturated heterocycles. The fraction of sp³-hybridized carbons (Fsp3) is 0.533. The van der Waals surface area contributed by atoms with Gasteiger partial charge < -0.3 is 34.1 Å². The van der Waals surface area contributed by atoms with Crippen molar-refractivity contribution in [2.24, 2.45) is 5.73 Å². The number of ether oxygens (including phenoxy) is 3. The third-order valence-electron chi connectivity index (χ3n) is 12.7. The summed E-state index contributed by atoms with van der Waals surface area (Å²) >= 11 is 0. The van der Waals surface area contributed by atoms with Crippen molar-refractivity contribution in [3.05, 3.63) is 115 Å². The Hall–Kier alpha value is -4.71. The minimum Gasteiger partial charge on any atom is -0.461 e. The van der Waals surface area contributed by atoms with Crippen molar-refractivity contribution in [1.29, 1.82) is 0 Å². The number of hydrogen-bond donors (Lipinski definition) is 2. The summed E-state index contributed by atoms with van der Waals surface area (Å²) in [4.78, 5) is 68.6. The van der Waals surface area contributed by atoms with Crippen LogP contribution in [0.2, 0.25) is 36.3 Å². The van der Waals surface area contributed by atoms with E-state index in [0.717, 1.165) is 15.5 Å². The predicted octanol–water partition coefficient (Wildman–Crippen LogP) is 5.28. The van der Waals surface area contributed by atoms with E-state index in [1.54, 1.807) is 54.6 Å². The van der Waals surface area contributed by atoms with Crippen molar-refractivity contribution >= 4 is 44.6 Å². The number of esters is 2. The summed E-state index contributed by atoms with van der Waals surface area (Å²) in [5.41, 5.74) is 4.05. The van der Waals surface area contributed by atoms with Crippen LogP contribution in [-0.4, -0.2) is 82.5 Å². The molecular weight excluding hydrogens is 893 g/mol. The molecule has 0 aliphatic carbocycles. The second-order valence-electron chi connectivity index (χ2n) is 19.6. The van der Waals surface area contributed by atoms with Crippen LogP contribution < -0.4 is 22.3 Å². The lowest BCUT2D eigenvalue weighted by Crippen LogP contribution is -2.59. The van der Waals surface area contributed by atoms with Crippen molar-refractivity contribution in [1.82, 2.24) is 14.5 Å². The standard InChI is InChI=1S/C45H64N4O13SSi2/c1-30-24-49(40-38(61-65(10,11)44(5,6)7)45(34(46)29-63(55,56)62-45)35(60-40)28-59-64(8,9)43(2,3)4)42(54)48(39(30)52)25-36(50)47-33(41(53)58-27-32-20-16-13-17-21-32)22-23-37(51)57-26-31-18-14-12-15-19-31/h12-21,24,29,33,35,38,40H,22-23,25-28,46H2,1-11H3,(H,47,50)/t33-,35?,38-,40+,45?/m0/s1. The van der Waals surface area contributed by atoms with Gasteiger partial charge in [0.15, 0.2) is 28.5 Å². The summed E-state index contributed by atoms with van der Waals surface area (Å²) in [6.07, 6.45) is -3.32. The van der Waals surface area contributed by atoms with Crippen molar-refractivity contribution in [2.45, 2.75) is 147 Å². The quantitative estimate of drug-likeness (QED) is 0.0999. The van der Waals surface area contributed by atoms with Gasteiger partial charge in [-0.25, -0.2) is 13.8 Å². The van der Waals surface area contributed by atoms with Crippen LogP contribution in [0.1, 0.15) is 77.3 Å². The highest BCUT2D eigenvalue weighted by atomic mass is 32.2. The van der Waals surface area contributed by atoms with E-state index in [1.165, 1.54) is 13.1 Å². The zero-order valence-corrected chi connectivity index (χ0v) is 42.0. The van der Waals surface area contributed by atoms with Crippen LogP contribution in [0, 0.1) is 6.92 Å². The van der Waals surface area contributed by atoms with Crippen molar-refractivity contribution in [3.8, 4) is 0 Å². The molecular formula is C45H64N4O13SSi2. The van der Waals surface area contributed by atoms with Gasteiger partial charge >= 0.3 is 17.6 Å². The molecule has 3 aromatic rings. The number of rotatable bonds is 17. The van der Waals surface area contributed by atoms with Gasteiger partial charge in [-0.3, -0.25) is 23.5 Å². The number of aromatic nitrogens is 2. The Kier molecular flexibility index (Phi) is 15.5. The van der Waals surface area contributed by atoms with Crippen LogP contribution in [0.3, 0.4) is 0 Å². The third kappa shape index (κ3) is 11.8. The van der Waals surface area contributed by atoms with Gasteiger partial charge in [0, 0.05) is 18.2 Å². The minimum atomic E-state index is -4.38. The van der Waals surface area contributed by atoms with E-state index >= 15 is 0 Å². The minimum absolute atomic E-state index is 0.000536. The lowest BCUT2D eigenvalue weighted by molar-refractivity contribution is -0.150. The summed E-state index contributed by atoms with van der Waals surface area (Å²) in [6, 6.07) is 16.5. The van der Waals surface area contributed by atoms with E-state index in [1.807, 2.05) is 73.8 Å². The molecule has 5 rings (SSSR count). The average molecular weight is 957 g/mol. The molecule has 1 fully saturated rings. The first-order valence-electron chi connectivity index (χ1n) is 21.5. The molecule has 0 bridgehead atoms. The summed E-state index contributed by atoms with van der Waals surface area (Å²) in [6.45, 7) is 20.2. The third-order valence-corrected chi connectivity index (χ3v) is 22.7.